The van der Waals surface area contributed by atoms with Crippen LogP contribution in [0.15, 0.2) is 84.1 Å². The highest BCUT2D eigenvalue weighted by Gasteiger charge is 2.27. The molecule has 8 heteroatoms. The predicted molar refractivity (Wildman–Crippen MR) is 147 cm³/mol. The number of aromatic nitrogens is 3. The van der Waals surface area contributed by atoms with Crippen molar-refractivity contribution in [2.45, 2.75) is 38.8 Å². The minimum Gasteiger partial charge on any atom is -0.356 e. The minimum absolute atomic E-state index is 0.0220. The smallest absolute Gasteiger partial charge is 0.227 e. The molecule has 0 aliphatic heterocycles. The molecule has 2 aromatic carbocycles. The van der Waals surface area contributed by atoms with Gasteiger partial charge >= 0.3 is 0 Å². The van der Waals surface area contributed by atoms with Gasteiger partial charge in [-0.15, -0.1) is 0 Å². The van der Waals surface area contributed by atoms with Crippen LogP contribution in [0.4, 0.5) is 5.69 Å². The van der Waals surface area contributed by atoms with E-state index in [0.717, 1.165) is 49.3 Å². The molecule has 2 heterocycles. The van der Waals surface area contributed by atoms with Gasteiger partial charge in [0.25, 0.3) is 0 Å². The number of guanidine groups is 1. The van der Waals surface area contributed by atoms with Crippen molar-refractivity contribution < 1.29 is 4.79 Å². The average Bonchev–Trinajstić information content (AvgIpc) is 3.44. The molecule has 4 N–H and O–H groups in total. The van der Waals surface area contributed by atoms with Gasteiger partial charge in [0.15, 0.2) is 11.6 Å². The van der Waals surface area contributed by atoms with Crippen molar-refractivity contribution in [1.82, 2.24) is 25.8 Å². The van der Waals surface area contributed by atoms with Crippen LogP contribution < -0.4 is 16.0 Å². The highest BCUT2D eigenvalue weighted by atomic mass is 16.1. The molecule has 0 saturated heterocycles. The van der Waals surface area contributed by atoms with E-state index in [1.165, 1.54) is 11.1 Å². The van der Waals surface area contributed by atoms with Gasteiger partial charge in [0.05, 0.1) is 23.8 Å². The van der Waals surface area contributed by atoms with Crippen LogP contribution in [0.5, 0.6) is 0 Å². The van der Waals surface area contributed by atoms with Crippen LogP contribution in [0.2, 0.25) is 0 Å². The molecule has 0 unspecified atom stereocenters. The van der Waals surface area contributed by atoms with Crippen molar-refractivity contribution in [1.29, 1.82) is 0 Å². The van der Waals surface area contributed by atoms with Gasteiger partial charge in [-0.05, 0) is 48.8 Å². The third kappa shape index (κ3) is 6.73. The van der Waals surface area contributed by atoms with E-state index >= 15 is 0 Å². The Hall–Kier alpha value is -4.20. The molecule has 4 aromatic rings. The first-order chi connectivity index (χ1) is 18.2. The van der Waals surface area contributed by atoms with Gasteiger partial charge in [-0.2, -0.15) is 5.10 Å². The molecule has 1 amide bonds. The molecule has 0 spiro atoms. The van der Waals surface area contributed by atoms with E-state index in [-0.39, 0.29) is 11.8 Å². The normalized spacial score (nSPS) is 17.9. The number of benzene rings is 2. The molecule has 0 bridgehead atoms. The van der Waals surface area contributed by atoms with Gasteiger partial charge in [0.2, 0.25) is 5.91 Å². The summed E-state index contributed by atoms with van der Waals surface area (Å²) in [5.41, 5.74) is 3.83. The molecule has 0 radical (unpaired) electrons. The SMILES string of the molecule is O=C(Nc1ccnc2[nH]ncc12)C1CCC(CNC(=NCc2ccccc2)NCc2ccccc2)CC1. The molecule has 1 aliphatic rings. The standard InChI is InChI=1S/C29H33N7O/c37-28(35-26-15-16-30-27-25(26)20-34-36-27)24-13-11-23(12-14-24)19-33-29(31-17-21-7-3-1-4-8-21)32-18-22-9-5-2-6-10-22/h1-10,15-16,20,23-24H,11-14,17-19H2,(H2,31,32,33)(H2,30,34,35,36,37). The number of hydrogen-bond acceptors (Lipinski definition) is 4. The summed E-state index contributed by atoms with van der Waals surface area (Å²) in [5.74, 6) is 1.42. The fourth-order valence-electron chi connectivity index (χ4n) is 4.77. The third-order valence-corrected chi connectivity index (χ3v) is 6.95. The Morgan fingerprint density at radius 2 is 1.65 bits per heavy atom. The lowest BCUT2D eigenvalue weighted by Gasteiger charge is -2.28. The number of amides is 1. The summed E-state index contributed by atoms with van der Waals surface area (Å²) in [5, 5.41) is 17.8. The maximum atomic E-state index is 12.9. The molecule has 0 atom stereocenters. The van der Waals surface area contributed by atoms with Crippen LogP contribution in [0.25, 0.3) is 11.0 Å². The van der Waals surface area contributed by atoms with Gasteiger partial charge in [-0.3, -0.25) is 9.89 Å². The topological polar surface area (TPSA) is 107 Å². The minimum atomic E-state index is 0.0220. The number of fused-ring (bicyclic) bond motifs is 1. The monoisotopic (exact) mass is 495 g/mol. The summed E-state index contributed by atoms with van der Waals surface area (Å²) < 4.78 is 0. The second kappa shape index (κ2) is 12.2. The van der Waals surface area contributed by atoms with E-state index in [0.29, 0.717) is 24.7 Å². The van der Waals surface area contributed by atoms with Crippen LogP contribution in [0, 0.1) is 11.8 Å². The number of carbonyl (C=O) groups is 1. The fourth-order valence-corrected chi connectivity index (χ4v) is 4.77. The molecule has 5 rings (SSSR count). The van der Waals surface area contributed by atoms with Crippen LogP contribution >= 0.6 is 0 Å². The number of hydrogen-bond donors (Lipinski definition) is 4. The van der Waals surface area contributed by atoms with Gasteiger partial charge in [0.1, 0.15) is 0 Å². The van der Waals surface area contributed by atoms with Crippen molar-refractivity contribution in [3.05, 3.63) is 90.3 Å². The maximum absolute atomic E-state index is 12.9. The number of aromatic amines is 1. The van der Waals surface area contributed by atoms with E-state index in [1.54, 1.807) is 12.4 Å². The quantitative estimate of drug-likeness (QED) is 0.210. The van der Waals surface area contributed by atoms with Gasteiger partial charge in [-0.1, -0.05) is 60.7 Å². The largest absolute Gasteiger partial charge is 0.356 e. The molecule has 8 nitrogen and oxygen atoms in total. The number of pyridine rings is 1. The lowest BCUT2D eigenvalue weighted by atomic mass is 9.81. The predicted octanol–water partition coefficient (Wildman–Crippen LogP) is 4.64. The summed E-state index contributed by atoms with van der Waals surface area (Å²) in [6, 6.07) is 22.4. The highest BCUT2D eigenvalue weighted by molar-refractivity contribution is 6.00. The van der Waals surface area contributed by atoms with E-state index < -0.39 is 0 Å². The van der Waals surface area contributed by atoms with E-state index in [1.807, 2.05) is 42.5 Å². The summed E-state index contributed by atoms with van der Waals surface area (Å²) in [7, 11) is 0. The number of nitrogens with one attached hydrogen (secondary N) is 4. The van der Waals surface area contributed by atoms with Gasteiger partial charge < -0.3 is 16.0 Å². The van der Waals surface area contributed by atoms with Gasteiger partial charge in [-0.25, -0.2) is 9.98 Å². The molecular formula is C29H33N7O. The van der Waals surface area contributed by atoms with Crippen LogP contribution in [-0.2, 0) is 17.9 Å². The van der Waals surface area contributed by atoms with Crippen LogP contribution in [0.3, 0.4) is 0 Å². The Morgan fingerprint density at radius 3 is 2.41 bits per heavy atom. The number of nitrogens with zero attached hydrogens (tertiary/aromatic N) is 3. The molecule has 2 aromatic heterocycles. The zero-order valence-electron chi connectivity index (χ0n) is 20.9. The lowest BCUT2D eigenvalue weighted by molar-refractivity contribution is -0.121. The first-order valence-corrected chi connectivity index (χ1v) is 12.9. The second-order valence-electron chi connectivity index (χ2n) is 9.57. The number of rotatable bonds is 8. The summed E-state index contributed by atoms with van der Waals surface area (Å²) in [4.78, 5) is 22.0. The van der Waals surface area contributed by atoms with Crippen molar-refractivity contribution >= 4 is 28.6 Å². The zero-order valence-corrected chi connectivity index (χ0v) is 20.9. The lowest BCUT2D eigenvalue weighted by Crippen LogP contribution is -2.40. The molecule has 1 saturated carbocycles. The van der Waals surface area contributed by atoms with Crippen molar-refractivity contribution in [2.24, 2.45) is 16.8 Å². The molecule has 190 valence electrons. The van der Waals surface area contributed by atoms with Crippen molar-refractivity contribution in [3.63, 3.8) is 0 Å². The Bertz CT molecular complexity index is 1310. The zero-order chi connectivity index (χ0) is 25.3. The Kier molecular flexibility index (Phi) is 8.05. The first-order valence-electron chi connectivity index (χ1n) is 12.9. The molecule has 1 fully saturated rings. The van der Waals surface area contributed by atoms with Crippen molar-refractivity contribution in [2.75, 3.05) is 11.9 Å². The van der Waals surface area contributed by atoms with Gasteiger partial charge in [0, 0.05) is 25.2 Å². The summed E-state index contributed by atoms with van der Waals surface area (Å²) >= 11 is 0. The van der Waals surface area contributed by atoms with Crippen molar-refractivity contribution in [3.8, 4) is 0 Å². The molecular weight excluding hydrogens is 462 g/mol. The molecule has 37 heavy (non-hydrogen) atoms. The fraction of sp³-hybridized carbons (Fsp3) is 0.310. The second-order valence-corrected chi connectivity index (χ2v) is 9.57. The average molecular weight is 496 g/mol. The highest BCUT2D eigenvalue weighted by Crippen LogP contribution is 2.30. The Balaban J connectivity index is 1.13. The van der Waals surface area contributed by atoms with Crippen LogP contribution in [0.1, 0.15) is 36.8 Å². The number of carbonyl (C=O) groups excluding carboxylic acids is 1. The summed E-state index contributed by atoms with van der Waals surface area (Å²) in [6.45, 7) is 2.17. The summed E-state index contributed by atoms with van der Waals surface area (Å²) in [6.07, 6.45) is 7.16. The third-order valence-electron chi connectivity index (χ3n) is 6.95. The van der Waals surface area contributed by atoms with E-state index in [4.69, 9.17) is 4.99 Å². The van der Waals surface area contributed by atoms with E-state index in [2.05, 4.69) is 55.4 Å². The molecule has 1 aliphatic carbocycles. The van der Waals surface area contributed by atoms with Crippen LogP contribution in [-0.4, -0.2) is 33.6 Å². The first kappa shape index (κ1) is 24.5. The Labute approximate surface area is 217 Å². The van der Waals surface area contributed by atoms with E-state index in [9.17, 15) is 4.79 Å². The number of aliphatic imine (C=N–C) groups is 1. The Morgan fingerprint density at radius 1 is 0.919 bits per heavy atom. The number of anilines is 1. The maximum Gasteiger partial charge on any atom is 0.227 e. The number of H-pyrrole nitrogens is 1.